The lowest BCUT2D eigenvalue weighted by Gasteiger charge is -2.07. The third kappa shape index (κ3) is 4.49. The Morgan fingerprint density at radius 2 is 2.13 bits per heavy atom. The molecular weight excluding hydrogens is 190 g/mol. The van der Waals surface area contributed by atoms with Gasteiger partial charge in [0.25, 0.3) is 0 Å². The van der Waals surface area contributed by atoms with Crippen LogP contribution < -0.4 is 5.32 Å². The van der Waals surface area contributed by atoms with Crippen molar-refractivity contribution in [1.82, 2.24) is 5.32 Å². The van der Waals surface area contributed by atoms with Gasteiger partial charge in [-0.15, -0.1) is 0 Å². The molecule has 0 unspecified atom stereocenters. The molecule has 0 amide bonds. The first-order chi connectivity index (χ1) is 7.09. The SMILES string of the molecule is Cc1cc(CNCCOC(C)C)c(C)o1. The Hall–Kier alpha value is -0.800. The molecule has 0 spiro atoms. The molecule has 86 valence electrons. The van der Waals surface area contributed by atoms with Crippen LogP contribution in [0.1, 0.15) is 30.9 Å². The average molecular weight is 211 g/mol. The zero-order valence-electron chi connectivity index (χ0n) is 10.1. The number of hydrogen-bond donors (Lipinski definition) is 1. The van der Waals surface area contributed by atoms with Gasteiger partial charge in [-0.05, 0) is 33.8 Å². The third-order valence-electron chi connectivity index (χ3n) is 2.19. The average Bonchev–Trinajstić information content (AvgIpc) is 2.44. The fraction of sp³-hybridized carbons (Fsp3) is 0.667. The van der Waals surface area contributed by atoms with Gasteiger partial charge in [0.05, 0.1) is 12.7 Å². The summed E-state index contributed by atoms with van der Waals surface area (Å²) in [6.45, 7) is 10.5. The van der Waals surface area contributed by atoms with Crippen molar-refractivity contribution in [3.63, 3.8) is 0 Å². The summed E-state index contributed by atoms with van der Waals surface area (Å²) >= 11 is 0. The van der Waals surface area contributed by atoms with Crippen molar-refractivity contribution < 1.29 is 9.15 Å². The van der Waals surface area contributed by atoms with Crippen molar-refractivity contribution in [2.24, 2.45) is 0 Å². The van der Waals surface area contributed by atoms with E-state index in [2.05, 4.69) is 11.4 Å². The van der Waals surface area contributed by atoms with Gasteiger partial charge in [-0.1, -0.05) is 0 Å². The second kappa shape index (κ2) is 5.93. The Balaban J connectivity index is 2.17. The van der Waals surface area contributed by atoms with E-state index in [1.807, 2.05) is 27.7 Å². The van der Waals surface area contributed by atoms with E-state index in [0.29, 0.717) is 6.10 Å². The van der Waals surface area contributed by atoms with Crippen LogP contribution in [0.3, 0.4) is 0 Å². The van der Waals surface area contributed by atoms with Crippen LogP contribution in [0, 0.1) is 13.8 Å². The van der Waals surface area contributed by atoms with E-state index >= 15 is 0 Å². The zero-order valence-corrected chi connectivity index (χ0v) is 10.1. The van der Waals surface area contributed by atoms with E-state index in [1.54, 1.807) is 0 Å². The van der Waals surface area contributed by atoms with Gasteiger partial charge in [0, 0.05) is 18.7 Å². The summed E-state index contributed by atoms with van der Waals surface area (Å²) < 4.78 is 10.9. The number of ether oxygens (including phenoxy) is 1. The smallest absolute Gasteiger partial charge is 0.105 e. The minimum absolute atomic E-state index is 0.310. The van der Waals surface area contributed by atoms with Gasteiger partial charge in [-0.25, -0.2) is 0 Å². The molecule has 0 bridgehead atoms. The molecule has 0 saturated heterocycles. The lowest BCUT2D eigenvalue weighted by atomic mass is 10.2. The molecule has 0 aliphatic carbocycles. The topological polar surface area (TPSA) is 34.4 Å². The highest BCUT2D eigenvalue weighted by Gasteiger charge is 2.03. The van der Waals surface area contributed by atoms with E-state index in [-0.39, 0.29) is 0 Å². The van der Waals surface area contributed by atoms with Crippen molar-refractivity contribution in [3.8, 4) is 0 Å². The zero-order chi connectivity index (χ0) is 11.3. The van der Waals surface area contributed by atoms with Crippen LogP contribution in [0.2, 0.25) is 0 Å². The standard InChI is InChI=1S/C12H21NO2/c1-9(2)14-6-5-13-8-12-7-10(3)15-11(12)4/h7,9,13H,5-6,8H2,1-4H3. The fourth-order valence-electron chi connectivity index (χ4n) is 1.45. The molecular formula is C12H21NO2. The molecule has 0 saturated carbocycles. The predicted molar refractivity (Wildman–Crippen MR) is 61.0 cm³/mol. The summed E-state index contributed by atoms with van der Waals surface area (Å²) in [4.78, 5) is 0. The number of nitrogens with one attached hydrogen (secondary N) is 1. The highest BCUT2D eigenvalue weighted by Crippen LogP contribution is 2.12. The molecule has 15 heavy (non-hydrogen) atoms. The highest BCUT2D eigenvalue weighted by molar-refractivity contribution is 5.19. The molecule has 1 N–H and O–H groups in total. The Labute approximate surface area is 91.8 Å². The monoisotopic (exact) mass is 211 g/mol. The summed E-state index contributed by atoms with van der Waals surface area (Å²) in [7, 11) is 0. The molecule has 0 aliphatic heterocycles. The Morgan fingerprint density at radius 1 is 1.40 bits per heavy atom. The molecule has 0 aromatic carbocycles. The van der Waals surface area contributed by atoms with Crippen molar-refractivity contribution in [2.75, 3.05) is 13.2 Å². The van der Waals surface area contributed by atoms with Crippen LogP contribution >= 0.6 is 0 Å². The van der Waals surface area contributed by atoms with Gasteiger partial charge in [0.1, 0.15) is 11.5 Å². The normalized spacial score (nSPS) is 11.3. The number of aryl methyl sites for hydroxylation is 2. The Kier molecular flexibility index (Phi) is 4.85. The highest BCUT2D eigenvalue weighted by atomic mass is 16.5. The maximum absolute atomic E-state index is 5.44. The Morgan fingerprint density at radius 3 is 2.67 bits per heavy atom. The molecule has 0 atom stereocenters. The molecule has 0 fully saturated rings. The van der Waals surface area contributed by atoms with Crippen LogP contribution in [0.5, 0.6) is 0 Å². The van der Waals surface area contributed by atoms with Crippen molar-refractivity contribution in [3.05, 3.63) is 23.2 Å². The first kappa shape index (κ1) is 12.3. The van der Waals surface area contributed by atoms with E-state index < -0.39 is 0 Å². The van der Waals surface area contributed by atoms with E-state index in [9.17, 15) is 0 Å². The van der Waals surface area contributed by atoms with Crippen molar-refractivity contribution >= 4 is 0 Å². The number of rotatable bonds is 6. The second-order valence-corrected chi connectivity index (χ2v) is 4.03. The van der Waals surface area contributed by atoms with Gasteiger partial charge in [-0.2, -0.15) is 0 Å². The fourth-order valence-corrected chi connectivity index (χ4v) is 1.45. The second-order valence-electron chi connectivity index (χ2n) is 4.03. The quantitative estimate of drug-likeness (QED) is 0.734. The number of furan rings is 1. The summed E-state index contributed by atoms with van der Waals surface area (Å²) in [5.74, 6) is 1.98. The maximum atomic E-state index is 5.44. The lowest BCUT2D eigenvalue weighted by Crippen LogP contribution is -2.21. The molecule has 0 aliphatic rings. The first-order valence-corrected chi connectivity index (χ1v) is 5.48. The van der Waals surface area contributed by atoms with E-state index in [4.69, 9.17) is 9.15 Å². The maximum Gasteiger partial charge on any atom is 0.105 e. The van der Waals surface area contributed by atoms with E-state index in [1.165, 1.54) is 5.56 Å². The van der Waals surface area contributed by atoms with Gasteiger partial charge in [0.2, 0.25) is 0 Å². The van der Waals surface area contributed by atoms with Crippen molar-refractivity contribution in [2.45, 2.75) is 40.3 Å². The summed E-state index contributed by atoms with van der Waals surface area (Å²) in [6, 6.07) is 2.08. The van der Waals surface area contributed by atoms with Gasteiger partial charge in [-0.3, -0.25) is 0 Å². The van der Waals surface area contributed by atoms with Gasteiger partial charge in [0.15, 0.2) is 0 Å². The van der Waals surface area contributed by atoms with Crippen molar-refractivity contribution in [1.29, 1.82) is 0 Å². The van der Waals surface area contributed by atoms with Crippen LogP contribution in [0.15, 0.2) is 10.5 Å². The molecule has 1 aromatic heterocycles. The first-order valence-electron chi connectivity index (χ1n) is 5.48. The molecule has 1 rings (SSSR count). The van der Waals surface area contributed by atoms with E-state index in [0.717, 1.165) is 31.2 Å². The largest absolute Gasteiger partial charge is 0.466 e. The van der Waals surface area contributed by atoms with Gasteiger partial charge >= 0.3 is 0 Å². The van der Waals surface area contributed by atoms with Gasteiger partial charge < -0.3 is 14.5 Å². The lowest BCUT2D eigenvalue weighted by molar-refractivity contribution is 0.0807. The molecule has 3 heteroatoms. The number of hydrogen-bond acceptors (Lipinski definition) is 3. The summed E-state index contributed by atoms with van der Waals surface area (Å²) in [5.41, 5.74) is 1.23. The predicted octanol–water partition coefficient (Wildman–Crippen LogP) is 2.41. The summed E-state index contributed by atoms with van der Waals surface area (Å²) in [6.07, 6.45) is 0.310. The minimum Gasteiger partial charge on any atom is -0.466 e. The molecule has 3 nitrogen and oxygen atoms in total. The Bertz CT molecular complexity index is 292. The van der Waals surface area contributed by atoms with Crippen LogP contribution in [-0.4, -0.2) is 19.3 Å². The molecule has 0 radical (unpaired) electrons. The molecule has 1 aromatic rings. The van der Waals surface area contributed by atoms with Crippen LogP contribution in [0.25, 0.3) is 0 Å². The minimum atomic E-state index is 0.310. The van der Waals surface area contributed by atoms with Crippen LogP contribution in [0.4, 0.5) is 0 Å². The van der Waals surface area contributed by atoms with Crippen LogP contribution in [-0.2, 0) is 11.3 Å². The summed E-state index contributed by atoms with van der Waals surface area (Å²) in [5, 5.41) is 3.33. The third-order valence-corrected chi connectivity index (χ3v) is 2.19. The molecule has 1 heterocycles.